The van der Waals surface area contributed by atoms with Crippen molar-refractivity contribution >= 4 is 28.6 Å². The lowest BCUT2D eigenvalue weighted by Gasteiger charge is -2.25. The number of carbonyl (C=O) groups excluding carboxylic acids is 2. The number of nitrogens with two attached hydrogens (primary N) is 1. The summed E-state index contributed by atoms with van der Waals surface area (Å²) < 4.78 is 24.1. The molecule has 0 amide bonds. The number of nitrogens with one attached hydrogen (secondary N) is 1. The summed E-state index contributed by atoms with van der Waals surface area (Å²) in [5.74, 6) is -0.599. The predicted molar refractivity (Wildman–Crippen MR) is 251 cm³/mol. The second-order valence-corrected chi connectivity index (χ2v) is 16.4. The van der Waals surface area contributed by atoms with Crippen molar-refractivity contribution in [3.05, 3.63) is 113 Å². The van der Waals surface area contributed by atoms with Gasteiger partial charge < -0.3 is 40.2 Å². The van der Waals surface area contributed by atoms with Gasteiger partial charge in [-0.15, -0.1) is 0 Å². The molecule has 1 aliphatic carbocycles. The maximum Gasteiger partial charge on any atom is 0.200 e. The number of rotatable bonds is 26. The Morgan fingerprint density at radius 2 is 0.921 bits per heavy atom. The maximum atomic E-state index is 14.7. The van der Waals surface area contributed by atoms with Gasteiger partial charge in [0.15, 0.2) is 23.0 Å². The largest absolute Gasteiger partial charge is 0.504 e. The van der Waals surface area contributed by atoms with E-state index in [0.717, 1.165) is 51.4 Å². The van der Waals surface area contributed by atoms with Crippen molar-refractivity contribution in [2.24, 2.45) is 0 Å². The van der Waals surface area contributed by atoms with E-state index in [1.165, 1.54) is 69.1 Å². The first-order chi connectivity index (χ1) is 30.7. The third-order valence-electron chi connectivity index (χ3n) is 11.4. The van der Waals surface area contributed by atoms with Crippen LogP contribution in [0.25, 0.3) is 0 Å². The predicted octanol–water partition coefficient (Wildman–Crippen LogP) is 14.0. The summed E-state index contributed by atoms with van der Waals surface area (Å²) in [7, 11) is 0. The fraction of sp³-hybridized carbons (Fsp3) is 0.396. The van der Waals surface area contributed by atoms with E-state index < -0.39 is 23.1 Å². The van der Waals surface area contributed by atoms with E-state index in [4.69, 9.17) is 24.7 Å². The minimum absolute atomic E-state index is 0.0556. The number of nitrogen functional groups attached to an aromatic ring is 1. The summed E-state index contributed by atoms with van der Waals surface area (Å²) in [5.41, 5.74) is 7.42. The molecule has 0 saturated carbocycles. The van der Waals surface area contributed by atoms with Gasteiger partial charge in [-0.1, -0.05) is 110 Å². The number of fused-ring (bicyclic) bond motifs is 2. The zero-order valence-electron chi connectivity index (χ0n) is 37.2. The van der Waals surface area contributed by atoms with Crippen molar-refractivity contribution in [3.63, 3.8) is 0 Å². The summed E-state index contributed by atoms with van der Waals surface area (Å²) in [4.78, 5) is 29.2. The fourth-order valence-corrected chi connectivity index (χ4v) is 7.84. The first-order valence-corrected chi connectivity index (χ1v) is 23.0. The monoisotopic (exact) mass is 856 g/mol. The standard InChI is InChI=1S/C53H64N2O8/c1-4-7-10-12-14-17-32-60-38-24-28-40(29-25-38)62-44-34-42(54)46-48(50(44)56)53(59)47-43(55-37-22-20-36(21-23-37)19-16-9-6-3)35-45(51(57)49(47)52(46)58)63-41-30-26-39(27-31-41)61-33-18-15-13-11-8-5-2/h20-31,34-35,55-57H,4-19,32-33,54H2,1-3H3. The number of hydrogen-bond acceptors (Lipinski definition) is 10. The van der Waals surface area contributed by atoms with E-state index >= 15 is 0 Å². The highest BCUT2D eigenvalue weighted by atomic mass is 16.5. The van der Waals surface area contributed by atoms with Crippen molar-refractivity contribution in [2.75, 3.05) is 24.3 Å². The summed E-state index contributed by atoms with van der Waals surface area (Å²) >= 11 is 0. The quantitative estimate of drug-likeness (QED) is 0.0236. The fourth-order valence-electron chi connectivity index (χ4n) is 7.84. The molecule has 10 heteroatoms. The third-order valence-corrected chi connectivity index (χ3v) is 11.4. The van der Waals surface area contributed by atoms with E-state index in [2.05, 4.69) is 26.1 Å². The Morgan fingerprint density at radius 1 is 0.492 bits per heavy atom. The number of benzene rings is 5. The van der Waals surface area contributed by atoms with Gasteiger partial charge in [0.1, 0.15) is 23.0 Å². The molecular weight excluding hydrogens is 793 g/mol. The lowest BCUT2D eigenvalue weighted by molar-refractivity contribution is 0.0974. The normalized spacial score (nSPS) is 11.9. The zero-order chi connectivity index (χ0) is 44.6. The van der Waals surface area contributed by atoms with Gasteiger partial charge in [0.05, 0.1) is 41.2 Å². The summed E-state index contributed by atoms with van der Waals surface area (Å²) in [5, 5.41) is 26.7. The van der Waals surface area contributed by atoms with Crippen molar-refractivity contribution in [3.8, 4) is 46.0 Å². The first kappa shape index (κ1) is 46.3. The Morgan fingerprint density at radius 3 is 1.44 bits per heavy atom. The van der Waals surface area contributed by atoms with Crippen LogP contribution in [-0.2, 0) is 6.42 Å². The second-order valence-electron chi connectivity index (χ2n) is 16.4. The van der Waals surface area contributed by atoms with Crippen LogP contribution in [0.2, 0.25) is 0 Å². The van der Waals surface area contributed by atoms with Crippen molar-refractivity contribution in [1.29, 1.82) is 0 Å². The number of ketones is 2. The Kier molecular flexibility index (Phi) is 17.2. The molecule has 0 spiro atoms. The SMILES string of the molecule is CCCCCCCCOc1ccc(Oc2cc(N)c3c(c2O)C(=O)c2c(Nc4ccc(CCCCC)cc4)cc(Oc4ccc(OCCCCCCCC)cc4)c(O)c2C3=O)cc1. The summed E-state index contributed by atoms with van der Waals surface area (Å²) in [6, 6.07) is 24.6. The molecule has 0 saturated heterocycles. The van der Waals surface area contributed by atoms with Gasteiger partial charge in [0, 0.05) is 23.5 Å². The molecule has 0 atom stereocenters. The number of aromatic hydroxyl groups is 2. The number of hydrogen-bond donors (Lipinski definition) is 4. The van der Waals surface area contributed by atoms with Crippen molar-refractivity contribution < 1.29 is 38.7 Å². The minimum atomic E-state index is -0.749. The average molecular weight is 857 g/mol. The number of phenols is 2. The molecule has 1 aliphatic rings. The van der Waals surface area contributed by atoms with Gasteiger partial charge >= 0.3 is 0 Å². The maximum absolute atomic E-state index is 14.7. The number of unbranched alkanes of at least 4 members (excludes halogenated alkanes) is 12. The van der Waals surface area contributed by atoms with E-state index in [0.29, 0.717) is 41.9 Å². The minimum Gasteiger partial charge on any atom is -0.504 e. The highest BCUT2D eigenvalue weighted by Gasteiger charge is 2.40. The van der Waals surface area contributed by atoms with Gasteiger partial charge in [0.2, 0.25) is 11.6 Å². The molecule has 0 bridgehead atoms. The number of phenolic OH excluding ortho intramolecular Hbond substituents is 2. The van der Waals surface area contributed by atoms with Gasteiger partial charge in [0.25, 0.3) is 0 Å². The highest BCUT2D eigenvalue weighted by molar-refractivity contribution is 6.34. The Hall–Kier alpha value is -6.16. The molecule has 5 aromatic carbocycles. The molecule has 5 aromatic rings. The van der Waals surface area contributed by atoms with Crippen LogP contribution < -0.4 is 30.0 Å². The molecule has 0 heterocycles. The average Bonchev–Trinajstić information content (AvgIpc) is 3.28. The lowest BCUT2D eigenvalue weighted by atomic mass is 9.81. The number of carbonyl (C=O) groups is 2. The molecule has 0 aromatic heterocycles. The first-order valence-electron chi connectivity index (χ1n) is 23.0. The lowest BCUT2D eigenvalue weighted by Crippen LogP contribution is -2.24. The molecular formula is C53H64N2O8. The summed E-state index contributed by atoms with van der Waals surface area (Å²) in [6.45, 7) is 7.80. The number of ether oxygens (including phenoxy) is 4. The second kappa shape index (κ2) is 23.3. The Bertz CT molecular complexity index is 2270. The smallest absolute Gasteiger partial charge is 0.200 e. The zero-order valence-corrected chi connectivity index (χ0v) is 37.2. The molecule has 0 aliphatic heterocycles. The topological polar surface area (TPSA) is 150 Å². The molecule has 10 nitrogen and oxygen atoms in total. The Labute approximate surface area is 372 Å². The van der Waals surface area contributed by atoms with Gasteiger partial charge in [-0.3, -0.25) is 9.59 Å². The number of anilines is 3. The van der Waals surface area contributed by atoms with Crippen molar-refractivity contribution in [2.45, 2.75) is 124 Å². The van der Waals surface area contributed by atoms with Crippen LogP contribution in [0.4, 0.5) is 17.1 Å². The molecule has 6 rings (SSSR count). The highest BCUT2D eigenvalue weighted by Crippen LogP contribution is 2.50. The van der Waals surface area contributed by atoms with Crippen LogP contribution in [0.5, 0.6) is 46.0 Å². The van der Waals surface area contributed by atoms with Crippen LogP contribution in [0, 0.1) is 0 Å². The van der Waals surface area contributed by atoms with Crippen LogP contribution in [0.15, 0.2) is 84.9 Å². The van der Waals surface area contributed by atoms with E-state index in [9.17, 15) is 19.8 Å². The molecule has 0 unspecified atom stereocenters. The van der Waals surface area contributed by atoms with E-state index in [-0.39, 0.29) is 45.1 Å². The molecule has 0 fully saturated rings. The molecule has 334 valence electrons. The number of aryl methyl sites for hydroxylation is 1. The van der Waals surface area contributed by atoms with Gasteiger partial charge in [-0.05, 0) is 91.9 Å². The molecule has 5 N–H and O–H groups in total. The Balaban J connectivity index is 1.25. The van der Waals surface area contributed by atoms with E-state index in [1.54, 1.807) is 48.5 Å². The summed E-state index contributed by atoms with van der Waals surface area (Å²) in [6.07, 6.45) is 18.3. The van der Waals surface area contributed by atoms with Gasteiger partial charge in [-0.25, -0.2) is 0 Å². The van der Waals surface area contributed by atoms with Crippen LogP contribution in [0.3, 0.4) is 0 Å². The van der Waals surface area contributed by atoms with E-state index in [1.807, 2.05) is 24.3 Å². The van der Waals surface area contributed by atoms with Crippen molar-refractivity contribution in [1.82, 2.24) is 0 Å². The van der Waals surface area contributed by atoms with Crippen LogP contribution in [0.1, 0.15) is 154 Å². The molecule has 0 radical (unpaired) electrons. The molecule has 63 heavy (non-hydrogen) atoms. The third kappa shape index (κ3) is 12.3. The van der Waals surface area contributed by atoms with Gasteiger partial charge in [-0.2, -0.15) is 0 Å². The van der Waals surface area contributed by atoms with Crippen LogP contribution in [-0.4, -0.2) is 35.0 Å². The van der Waals surface area contributed by atoms with Crippen LogP contribution >= 0.6 is 0 Å².